The normalized spacial score (nSPS) is 13.4. The van der Waals surface area contributed by atoms with E-state index in [1.165, 1.54) is 12.1 Å². The van der Waals surface area contributed by atoms with Gasteiger partial charge in [-0.3, -0.25) is 19.2 Å². The van der Waals surface area contributed by atoms with Gasteiger partial charge in [-0.05, 0) is 47.2 Å². The first kappa shape index (κ1) is 88.4. The Morgan fingerprint density at radius 1 is 0.296 bits per heavy atom. The molecule has 2 aliphatic rings. The Labute approximate surface area is 597 Å². The number of hydrogen-bond donors (Lipinski definition) is 2. The van der Waals surface area contributed by atoms with Crippen molar-refractivity contribution < 1.29 is 169 Å². The van der Waals surface area contributed by atoms with Crippen LogP contribution in [0.15, 0.2) is 206 Å². The summed E-state index contributed by atoms with van der Waals surface area (Å²) in [5, 5.41) is 18.1. The minimum absolute atomic E-state index is 0.0290. The number of carboxylic acid groups (broad SMARTS) is 2. The third-order valence-corrected chi connectivity index (χ3v) is 30.1. The average molecular weight is 1670 g/mol. The first-order chi connectivity index (χ1) is 49.3. The standard InChI is InChI=1S/C14H10O3.C14H8O2.C14H12O2.C14H10O.2C4HF9O6S3/c15-13(10-6-2-1-3-7-10)11-8-4-5-9-12(11)14(16)17;15-13-9-5-1-2-6-10(9)14(16)12-8-4-3-7-11(12)13;15-14(16)13-9-5-4-8-12(13)10-11-6-2-1-3-7-11;15-14-12-7-3-1-5-10(12)9-11-6-2-4-8-13(11)14;2*5-2(6,7)20(14,15)1(21(16,17)3(8,9)10)22(18,19)4(11,12)13/h1-9H,(H,16,17);1-8H;1-9H,10H2,(H,15,16);1-8H,9H2;2*1H. The van der Waals surface area contributed by atoms with Crippen molar-refractivity contribution in [2.24, 2.45) is 0 Å². The van der Waals surface area contributed by atoms with Crippen LogP contribution in [0.5, 0.6) is 0 Å². The number of carbonyl (C=O) groups excluding carboxylic acids is 4. The maximum absolute atomic E-state index is 12.1. The zero-order chi connectivity index (χ0) is 82.2. The molecule has 10 rings (SSSR count). The molecule has 8 aromatic carbocycles. The van der Waals surface area contributed by atoms with Crippen molar-refractivity contribution >= 4 is 94.1 Å². The van der Waals surface area contributed by atoms with E-state index in [1.54, 1.807) is 103 Å². The van der Waals surface area contributed by atoms with Crippen LogP contribution in [0.1, 0.15) is 107 Å². The predicted octanol–water partition coefficient (Wildman–Crippen LogP) is 13.0. The number of ketones is 4. The fourth-order valence-electron chi connectivity index (χ4n) is 9.16. The first-order valence-electron chi connectivity index (χ1n) is 28.4. The fourth-order valence-corrected chi connectivity index (χ4v) is 22.4. The molecule has 0 saturated carbocycles. The van der Waals surface area contributed by atoms with Gasteiger partial charge in [0.15, 0.2) is 23.1 Å². The molecule has 108 heavy (non-hydrogen) atoms. The smallest absolute Gasteiger partial charge is 0.478 e. The summed E-state index contributed by atoms with van der Waals surface area (Å²) in [4.78, 5) is 70.4. The van der Waals surface area contributed by atoms with Crippen molar-refractivity contribution in [2.75, 3.05) is 0 Å². The molecule has 0 aliphatic heterocycles. The van der Waals surface area contributed by atoms with Crippen LogP contribution in [-0.2, 0) is 71.9 Å². The number of hydrogen-bond acceptors (Lipinski definition) is 18. The van der Waals surface area contributed by atoms with Crippen LogP contribution < -0.4 is 0 Å². The lowest BCUT2D eigenvalue weighted by Gasteiger charge is -2.21. The summed E-state index contributed by atoms with van der Waals surface area (Å²) in [6.45, 7) is 0. The largest absolute Gasteiger partial charge is 0.499 e. The van der Waals surface area contributed by atoms with Gasteiger partial charge in [0.2, 0.25) is 0 Å². The van der Waals surface area contributed by atoms with E-state index in [4.69, 9.17) is 10.2 Å². The number of carboxylic acids is 2. The SMILES string of the molecule is O=C(O)c1ccccc1C(=O)c1ccccc1.O=C(O)c1ccccc1Cc1ccccc1.O=C1c2ccccc2C(=O)c2ccccc21.O=C1c2ccccc2Cc2ccccc21.O=S(=O)(C(S(=O)(=O)C(F)(F)F)S(=O)(=O)C(F)(F)F)C(F)(F)F.O=S(=O)(C(S(=O)(=O)C(F)(F)F)S(=O)(=O)C(F)(F)F)C(F)(F)F. The van der Waals surface area contributed by atoms with Gasteiger partial charge in [-0.2, -0.15) is 79.0 Å². The highest BCUT2D eigenvalue weighted by atomic mass is 32.3. The summed E-state index contributed by atoms with van der Waals surface area (Å²) in [6, 6.07) is 61.4. The van der Waals surface area contributed by atoms with Crippen molar-refractivity contribution in [1.29, 1.82) is 0 Å². The van der Waals surface area contributed by atoms with Gasteiger partial charge in [0.25, 0.3) is 66.9 Å². The van der Waals surface area contributed by atoms with Gasteiger partial charge >= 0.3 is 45.0 Å². The van der Waals surface area contributed by atoms with Gasteiger partial charge in [-0.25, -0.2) is 60.1 Å². The van der Waals surface area contributed by atoms with Crippen LogP contribution in [0, 0.1) is 0 Å². The number of rotatable bonds is 12. The molecule has 0 fully saturated rings. The Morgan fingerprint density at radius 3 is 0.824 bits per heavy atom. The second-order valence-corrected chi connectivity index (χ2v) is 35.2. The highest BCUT2D eigenvalue weighted by Gasteiger charge is 2.74. The molecule has 0 radical (unpaired) electrons. The molecule has 0 unspecified atom stereocenters. The quantitative estimate of drug-likeness (QED) is 0.0847. The minimum atomic E-state index is -7.94. The predicted molar refractivity (Wildman–Crippen MR) is 342 cm³/mol. The fraction of sp³-hybridized carbons (Fsp3) is 0.156. The molecule has 0 aromatic heterocycles. The van der Waals surface area contributed by atoms with E-state index >= 15 is 0 Å². The lowest BCUT2D eigenvalue weighted by atomic mass is 9.84. The summed E-state index contributed by atoms with van der Waals surface area (Å²) >= 11 is 0. The molecule has 0 atom stereocenters. The third-order valence-electron chi connectivity index (χ3n) is 14.1. The van der Waals surface area contributed by atoms with Crippen LogP contribution in [0.4, 0.5) is 79.0 Å². The Bertz CT molecular complexity index is 4960. The summed E-state index contributed by atoms with van der Waals surface area (Å²) in [6.07, 6.45) is 1.53. The Kier molecular flexibility index (Phi) is 27.1. The molecule has 0 amide bonds. The van der Waals surface area contributed by atoms with Crippen LogP contribution in [0.2, 0.25) is 0 Å². The molecule has 20 nitrogen and oxygen atoms in total. The van der Waals surface area contributed by atoms with Crippen molar-refractivity contribution in [2.45, 2.75) is 53.7 Å². The Balaban J connectivity index is 0.000000233. The van der Waals surface area contributed by atoms with E-state index in [9.17, 15) is 158 Å². The zero-order valence-corrected chi connectivity index (χ0v) is 57.6. The lowest BCUT2D eigenvalue weighted by Crippen LogP contribution is -2.52. The number of carbonyl (C=O) groups is 6. The van der Waals surface area contributed by atoms with E-state index in [0.29, 0.717) is 39.8 Å². The van der Waals surface area contributed by atoms with Crippen molar-refractivity contribution in [1.82, 2.24) is 0 Å². The number of alkyl halides is 18. The third kappa shape index (κ3) is 19.6. The number of aromatic carboxylic acids is 2. The van der Waals surface area contributed by atoms with Gasteiger partial charge in [0.1, 0.15) is 0 Å². The first-order valence-corrected chi connectivity index (χ1v) is 37.7. The second-order valence-electron chi connectivity index (χ2n) is 21.3. The maximum atomic E-state index is 12.1. The van der Waals surface area contributed by atoms with E-state index in [0.717, 1.165) is 39.8 Å². The van der Waals surface area contributed by atoms with E-state index in [1.807, 2.05) is 91.0 Å². The maximum Gasteiger partial charge on any atom is 0.499 e. The number of halogens is 18. The van der Waals surface area contributed by atoms with Crippen molar-refractivity contribution in [3.8, 4) is 0 Å². The monoisotopic (exact) mass is 1660 g/mol. The topological polar surface area (TPSA) is 348 Å². The van der Waals surface area contributed by atoms with Gasteiger partial charge in [0, 0.05) is 44.5 Å². The van der Waals surface area contributed by atoms with Crippen LogP contribution in [0.25, 0.3) is 0 Å². The summed E-state index contributed by atoms with van der Waals surface area (Å²) in [7, 11) is -47.6. The molecule has 0 bridgehead atoms. The van der Waals surface area contributed by atoms with Gasteiger partial charge in [-0.1, -0.05) is 194 Å². The summed E-state index contributed by atoms with van der Waals surface area (Å²) in [5.41, 5.74) is -33.0. The van der Waals surface area contributed by atoms with Crippen molar-refractivity contribution in [3.63, 3.8) is 0 Å². The van der Waals surface area contributed by atoms with Crippen molar-refractivity contribution in [3.05, 3.63) is 284 Å². The highest BCUT2D eigenvalue weighted by molar-refractivity contribution is 8.25. The average Bonchev–Trinajstić information content (AvgIpc) is 0.725. The molecule has 0 spiro atoms. The minimum Gasteiger partial charge on any atom is -0.478 e. The van der Waals surface area contributed by atoms with E-state index < -0.39 is 112 Å². The zero-order valence-electron chi connectivity index (χ0n) is 52.7. The molecule has 8 aromatic rings. The molecule has 44 heteroatoms. The lowest BCUT2D eigenvalue weighted by molar-refractivity contribution is -0.0507. The Hall–Kier alpha value is -10.2. The molecule has 0 saturated heterocycles. The highest BCUT2D eigenvalue weighted by Crippen LogP contribution is 2.45. The molecular formula is C64H42F18O20S6. The van der Waals surface area contributed by atoms with Crippen LogP contribution in [0.3, 0.4) is 0 Å². The molecule has 2 N–H and O–H groups in total. The second kappa shape index (κ2) is 33.1. The molecular weight excluding hydrogens is 1620 g/mol. The molecule has 580 valence electrons. The number of fused-ring (bicyclic) bond motifs is 4. The molecule has 0 heterocycles. The molecule has 2 aliphatic carbocycles. The van der Waals surface area contributed by atoms with Gasteiger partial charge < -0.3 is 10.2 Å². The number of sulfone groups is 6. The summed E-state index contributed by atoms with van der Waals surface area (Å²) < 4.78 is 333. The number of benzene rings is 8. The van der Waals surface area contributed by atoms with Gasteiger partial charge in [0.05, 0.1) is 11.1 Å². The van der Waals surface area contributed by atoms with E-state index in [2.05, 4.69) is 0 Å². The van der Waals surface area contributed by atoms with Crippen LogP contribution in [-0.4, -0.2) is 137 Å². The van der Waals surface area contributed by atoms with E-state index in [-0.39, 0.29) is 34.3 Å². The summed E-state index contributed by atoms with van der Waals surface area (Å²) in [5.74, 6) is -2.20. The Morgan fingerprint density at radius 2 is 0.528 bits per heavy atom. The van der Waals surface area contributed by atoms with Gasteiger partial charge in [-0.15, -0.1) is 0 Å². The van der Waals surface area contributed by atoms with Crippen LogP contribution >= 0.6 is 0 Å².